The summed E-state index contributed by atoms with van der Waals surface area (Å²) in [6.07, 6.45) is 2.84. The van der Waals surface area contributed by atoms with Crippen molar-refractivity contribution in [1.29, 1.82) is 5.26 Å². The summed E-state index contributed by atoms with van der Waals surface area (Å²) in [4.78, 5) is 22.9. The fourth-order valence-corrected chi connectivity index (χ4v) is 2.46. The van der Waals surface area contributed by atoms with Gasteiger partial charge in [0.2, 0.25) is 5.78 Å². The zero-order valence-corrected chi connectivity index (χ0v) is 14.2. The van der Waals surface area contributed by atoms with Crippen LogP contribution < -0.4 is 4.74 Å². The predicted molar refractivity (Wildman–Crippen MR) is 88.6 cm³/mol. The Bertz CT molecular complexity index is 860. The van der Waals surface area contributed by atoms with Crippen molar-refractivity contribution in [2.75, 3.05) is 6.61 Å². The highest BCUT2D eigenvalue weighted by Gasteiger charge is 2.16. The number of benzene rings is 1. The van der Waals surface area contributed by atoms with Gasteiger partial charge >= 0.3 is 5.97 Å². The number of hydrogen-bond acceptors (Lipinski definition) is 5. The average Bonchev–Trinajstić information content (AvgIpc) is 2.97. The standard InChI is InChI=1S/C17H12BrNO5/c1-10-13(4-5-23-10)17(22)12(8-19)6-11-2-3-15(14(18)7-11)24-9-16(20)21/h2-7H,9H2,1H3,(H,20,21). The largest absolute Gasteiger partial charge is 0.481 e. The molecule has 0 fully saturated rings. The molecule has 1 heterocycles. The zero-order valence-electron chi connectivity index (χ0n) is 12.6. The molecule has 0 unspecified atom stereocenters. The van der Waals surface area contributed by atoms with Crippen LogP contribution in [0.15, 0.2) is 45.0 Å². The van der Waals surface area contributed by atoms with Crippen LogP contribution in [0.1, 0.15) is 21.7 Å². The van der Waals surface area contributed by atoms with Gasteiger partial charge in [-0.15, -0.1) is 0 Å². The Labute approximate surface area is 146 Å². The molecule has 0 aliphatic heterocycles. The first-order chi connectivity index (χ1) is 11.4. The molecule has 7 heteroatoms. The van der Waals surface area contributed by atoms with Gasteiger partial charge in [-0.25, -0.2) is 4.79 Å². The van der Waals surface area contributed by atoms with Crippen LogP contribution in [0.25, 0.3) is 6.08 Å². The Hall–Kier alpha value is -2.85. The number of carboxylic acid groups (broad SMARTS) is 1. The summed E-state index contributed by atoms with van der Waals surface area (Å²) in [7, 11) is 0. The first-order valence-electron chi connectivity index (χ1n) is 6.77. The molecular weight excluding hydrogens is 378 g/mol. The van der Waals surface area contributed by atoms with Crippen LogP contribution in [0.2, 0.25) is 0 Å². The molecule has 24 heavy (non-hydrogen) atoms. The Morgan fingerprint density at radius 3 is 2.71 bits per heavy atom. The monoisotopic (exact) mass is 389 g/mol. The summed E-state index contributed by atoms with van der Waals surface area (Å²) < 4.78 is 10.7. The highest BCUT2D eigenvalue weighted by Crippen LogP contribution is 2.27. The minimum atomic E-state index is -1.08. The highest BCUT2D eigenvalue weighted by molar-refractivity contribution is 9.10. The summed E-state index contributed by atoms with van der Waals surface area (Å²) in [5.74, 6) is -0.713. The molecule has 0 saturated carbocycles. The van der Waals surface area contributed by atoms with Crippen LogP contribution in [0.3, 0.4) is 0 Å². The topological polar surface area (TPSA) is 101 Å². The van der Waals surface area contributed by atoms with Gasteiger partial charge in [0.05, 0.1) is 16.3 Å². The Kier molecular flexibility index (Phi) is 5.55. The van der Waals surface area contributed by atoms with Gasteiger partial charge < -0.3 is 14.3 Å². The molecule has 0 bridgehead atoms. The van der Waals surface area contributed by atoms with Crippen molar-refractivity contribution in [2.45, 2.75) is 6.92 Å². The van der Waals surface area contributed by atoms with Crippen LogP contribution in [0.5, 0.6) is 5.75 Å². The van der Waals surface area contributed by atoms with Crippen LogP contribution in [-0.2, 0) is 4.79 Å². The summed E-state index contributed by atoms with van der Waals surface area (Å²) in [5, 5.41) is 17.9. The van der Waals surface area contributed by atoms with Gasteiger partial charge in [-0.2, -0.15) is 5.26 Å². The van der Waals surface area contributed by atoms with E-state index < -0.39 is 18.4 Å². The van der Waals surface area contributed by atoms with Crippen molar-refractivity contribution < 1.29 is 23.8 Å². The maximum atomic E-state index is 12.3. The number of carboxylic acids is 1. The van der Waals surface area contributed by atoms with Crippen molar-refractivity contribution in [1.82, 2.24) is 0 Å². The lowest BCUT2D eigenvalue weighted by molar-refractivity contribution is -0.139. The third-order valence-corrected chi connectivity index (χ3v) is 3.71. The number of rotatable bonds is 6. The van der Waals surface area contributed by atoms with E-state index in [-0.39, 0.29) is 5.57 Å². The second-order valence-corrected chi connectivity index (χ2v) is 5.62. The van der Waals surface area contributed by atoms with Gasteiger partial charge in [0.25, 0.3) is 0 Å². The Morgan fingerprint density at radius 1 is 1.42 bits per heavy atom. The molecule has 2 rings (SSSR count). The molecule has 122 valence electrons. The summed E-state index contributed by atoms with van der Waals surface area (Å²) >= 11 is 3.27. The fourth-order valence-electron chi connectivity index (χ4n) is 1.94. The third-order valence-electron chi connectivity index (χ3n) is 3.09. The summed E-state index contributed by atoms with van der Waals surface area (Å²) in [6.45, 7) is 1.18. The van der Waals surface area contributed by atoms with E-state index in [0.717, 1.165) is 0 Å². The number of hydrogen-bond donors (Lipinski definition) is 1. The number of halogens is 1. The molecular formula is C17H12BrNO5. The number of carbonyl (C=O) groups excluding carboxylic acids is 1. The number of nitrogens with zero attached hydrogens (tertiary/aromatic N) is 1. The first-order valence-corrected chi connectivity index (χ1v) is 7.56. The molecule has 6 nitrogen and oxygen atoms in total. The van der Waals surface area contributed by atoms with Crippen LogP contribution in [-0.4, -0.2) is 23.5 Å². The number of carbonyl (C=O) groups is 2. The second-order valence-electron chi connectivity index (χ2n) is 4.76. The lowest BCUT2D eigenvalue weighted by Crippen LogP contribution is -2.09. The molecule has 1 aromatic heterocycles. The van der Waals surface area contributed by atoms with E-state index in [0.29, 0.717) is 27.1 Å². The molecule has 0 spiro atoms. The van der Waals surface area contributed by atoms with Gasteiger partial charge in [-0.1, -0.05) is 6.07 Å². The summed E-state index contributed by atoms with van der Waals surface area (Å²) in [5.41, 5.74) is 0.893. The quantitative estimate of drug-likeness (QED) is 0.460. The van der Waals surface area contributed by atoms with Gasteiger partial charge in [-0.3, -0.25) is 4.79 Å². The lowest BCUT2D eigenvalue weighted by Gasteiger charge is -2.06. The van der Waals surface area contributed by atoms with E-state index in [1.54, 1.807) is 25.1 Å². The van der Waals surface area contributed by atoms with Gasteiger partial charge in [0.15, 0.2) is 6.61 Å². The zero-order chi connectivity index (χ0) is 17.7. The number of furan rings is 1. The maximum Gasteiger partial charge on any atom is 0.341 e. The minimum Gasteiger partial charge on any atom is -0.481 e. The van der Waals surface area contributed by atoms with Gasteiger partial charge in [0, 0.05) is 0 Å². The first kappa shape index (κ1) is 17.5. The lowest BCUT2D eigenvalue weighted by atomic mass is 10.0. The SMILES string of the molecule is Cc1occc1C(=O)C(C#N)=Cc1ccc(OCC(=O)O)c(Br)c1. The fraction of sp³-hybridized carbons (Fsp3) is 0.118. The van der Waals surface area contributed by atoms with Crippen LogP contribution in [0.4, 0.5) is 0 Å². The van der Waals surface area contributed by atoms with E-state index in [4.69, 9.17) is 14.3 Å². The van der Waals surface area contributed by atoms with E-state index in [9.17, 15) is 14.9 Å². The summed E-state index contributed by atoms with van der Waals surface area (Å²) in [6, 6.07) is 8.21. The van der Waals surface area contributed by atoms with Crippen molar-refractivity contribution >= 4 is 33.8 Å². The van der Waals surface area contributed by atoms with Crippen LogP contribution >= 0.6 is 15.9 Å². The van der Waals surface area contributed by atoms with E-state index in [1.807, 2.05) is 6.07 Å². The molecule has 0 saturated heterocycles. The number of allylic oxidation sites excluding steroid dienone is 1. The minimum absolute atomic E-state index is 0.0365. The Balaban J connectivity index is 2.27. The predicted octanol–water partition coefficient (Wildman–Crippen LogP) is 3.60. The normalized spacial score (nSPS) is 11.0. The maximum absolute atomic E-state index is 12.3. The number of aryl methyl sites for hydroxylation is 1. The molecule has 0 amide bonds. The third kappa shape index (κ3) is 4.12. The number of nitriles is 1. The number of Topliss-reactive ketones (excluding diaryl/α,β-unsaturated/α-hetero) is 1. The average molecular weight is 390 g/mol. The molecule has 2 aromatic rings. The van der Waals surface area contributed by atoms with Crippen molar-refractivity contribution in [3.8, 4) is 11.8 Å². The van der Waals surface area contributed by atoms with Gasteiger partial charge in [-0.05, 0) is 52.7 Å². The van der Waals surface area contributed by atoms with Gasteiger partial charge in [0.1, 0.15) is 23.2 Å². The molecule has 1 aromatic carbocycles. The highest BCUT2D eigenvalue weighted by atomic mass is 79.9. The van der Waals surface area contributed by atoms with Crippen molar-refractivity contribution in [3.63, 3.8) is 0 Å². The molecule has 0 atom stereocenters. The second kappa shape index (κ2) is 7.62. The molecule has 1 N–H and O–H groups in total. The van der Waals surface area contributed by atoms with Crippen molar-refractivity contribution in [2.24, 2.45) is 0 Å². The van der Waals surface area contributed by atoms with Crippen molar-refractivity contribution in [3.05, 3.63) is 57.5 Å². The molecule has 0 aliphatic rings. The van der Waals surface area contributed by atoms with E-state index in [2.05, 4.69) is 15.9 Å². The molecule has 0 aliphatic carbocycles. The Morgan fingerprint density at radius 2 is 2.17 bits per heavy atom. The van der Waals surface area contributed by atoms with Crippen LogP contribution in [0, 0.1) is 18.3 Å². The number of aliphatic carboxylic acids is 1. The van der Waals surface area contributed by atoms with E-state index >= 15 is 0 Å². The smallest absolute Gasteiger partial charge is 0.341 e. The molecule has 0 radical (unpaired) electrons. The van der Waals surface area contributed by atoms with E-state index in [1.165, 1.54) is 18.4 Å². The number of ether oxygens (including phenoxy) is 1. The number of ketones is 1.